The van der Waals surface area contributed by atoms with Crippen LogP contribution in [0.25, 0.3) is 0 Å². The second-order valence-electron chi connectivity index (χ2n) is 4.52. The number of hydrogen-bond acceptors (Lipinski definition) is 5. The summed E-state index contributed by atoms with van der Waals surface area (Å²) in [6.45, 7) is 7.55. The summed E-state index contributed by atoms with van der Waals surface area (Å²) in [6, 6.07) is 0. The van der Waals surface area contributed by atoms with Crippen molar-refractivity contribution in [2.45, 2.75) is 27.3 Å². The Morgan fingerprint density at radius 1 is 1.26 bits per heavy atom. The molecule has 0 saturated carbocycles. The molecule has 0 unspecified atom stereocenters. The van der Waals surface area contributed by atoms with Gasteiger partial charge >= 0.3 is 0 Å². The van der Waals surface area contributed by atoms with Crippen LogP contribution in [0.2, 0.25) is 0 Å². The lowest BCUT2D eigenvalue weighted by Gasteiger charge is -2.09. The van der Waals surface area contributed by atoms with Gasteiger partial charge in [0.05, 0.1) is 5.69 Å². The Kier molecular flexibility index (Phi) is 3.99. The summed E-state index contributed by atoms with van der Waals surface area (Å²) < 4.78 is 1.82. The fourth-order valence-corrected chi connectivity index (χ4v) is 1.87. The van der Waals surface area contributed by atoms with Crippen LogP contribution in [0.15, 0.2) is 12.4 Å². The molecule has 0 amide bonds. The largest absolute Gasteiger partial charge is 0.365 e. The number of aryl methyl sites for hydroxylation is 3. The van der Waals surface area contributed by atoms with Gasteiger partial charge in [-0.25, -0.2) is 4.98 Å². The summed E-state index contributed by atoms with van der Waals surface area (Å²) in [5.41, 5.74) is 3.24. The molecular formula is C13H20N6. The summed E-state index contributed by atoms with van der Waals surface area (Å²) >= 11 is 0. The standard InChI is InChI=1S/C13H20N6/c1-5-14-13-16-6-9(2)12(17-13)15-7-11-8-19(4)18-10(11)3/h6,8H,5,7H2,1-4H3,(H2,14,15,16,17). The molecule has 2 rings (SSSR count). The van der Waals surface area contributed by atoms with Gasteiger partial charge in [0, 0.05) is 43.7 Å². The molecule has 0 spiro atoms. The molecule has 0 bridgehead atoms. The third-order valence-corrected chi connectivity index (χ3v) is 2.87. The van der Waals surface area contributed by atoms with Gasteiger partial charge in [0.15, 0.2) is 0 Å². The first-order valence-corrected chi connectivity index (χ1v) is 6.40. The van der Waals surface area contributed by atoms with Crippen molar-refractivity contribution in [2.75, 3.05) is 17.2 Å². The van der Waals surface area contributed by atoms with Crippen molar-refractivity contribution in [2.24, 2.45) is 7.05 Å². The molecule has 0 atom stereocenters. The first-order chi connectivity index (χ1) is 9.10. The van der Waals surface area contributed by atoms with E-state index in [1.165, 1.54) is 5.56 Å². The van der Waals surface area contributed by atoms with Crippen molar-refractivity contribution in [3.8, 4) is 0 Å². The Labute approximate surface area is 113 Å². The first kappa shape index (κ1) is 13.3. The normalized spacial score (nSPS) is 10.5. The van der Waals surface area contributed by atoms with E-state index in [2.05, 4.69) is 25.7 Å². The van der Waals surface area contributed by atoms with Crippen LogP contribution >= 0.6 is 0 Å². The highest BCUT2D eigenvalue weighted by atomic mass is 15.3. The maximum atomic E-state index is 4.45. The van der Waals surface area contributed by atoms with Crippen molar-refractivity contribution in [3.05, 3.63) is 29.2 Å². The maximum Gasteiger partial charge on any atom is 0.224 e. The molecule has 0 aliphatic heterocycles. The fraction of sp³-hybridized carbons (Fsp3) is 0.462. The minimum Gasteiger partial charge on any atom is -0.365 e. The van der Waals surface area contributed by atoms with Crippen LogP contribution < -0.4 is 10.6 Å². The molecule has 0 saturated heterocycles. The number of nitrogens with one attached hydrogen (secondary N) is 2. The van der Waals surface area contributed by atoms with Crippen molar-refractivity contribution in [3.63, 3.8) is 0 Å². The molecule has 2 aromatic rings. The molecule has 6 nitrogen and oxygen atoms in total. The van der Waals surface area contributed by atoms with Crippen molar-refractivity contribution in [1.82, 2.24) is 19.7 Å². The number of aromatic nitrogens is 4. The van der Waals surface area contributed by atoms with Crippen molar-refractivity contribution < 1.29 is 0 Å². The quantitative estimate of drug-likeness (QED) is 0.859. The van der Waals surface area contributed by atoms with Gasteiger partial charge in [-0.05, 0) is 20.8 Å². The molecule has 6 heteroatoms. The molecule has 0 aliphatic rings. The first-order valence-electron chi connectivity index (χ1n) is 6.40. The van der Waals surface area contributed by atoms with E-state index in [9.17, 15) is 0 Å². The van der Waals surface area contributed by atoms with Gasteiger partial charge in [0.1, 0.15) is 5.82 Å². The summed E-state index contributed by atoms with van der Waals surface area (Å²) in [7, 11) is 1.93. The Morgan fingerprint density at radius 3 is 2.68 bits per heavy atom. The SMILES string of the molecule is CCNc1ncc(C)c(NCc2cn(C)nc2C)n1. The predicted molar refractivity (Wildman–Crippen MR) is 76.2 cm³/mol. The average Bonchev–Trinajstić information content (AvgIpc) is 2.69. The summed E-state index contributed by atoms with van der Waals surface area (Å²) in [4.78, 5) is 8.68. The van der Waals surface area contributed by atoms with Crippen LogP contribution in [0.1, 0.15) is 23.7 Å². The third-order valence-electron chi connectivity index (χ3n) is 2.87. The van der Waals surface area contributed by atoms with Gasteiger partial charge in [0.25, 0.3) is 0 Å². The highest BCUT2D eigenvalue weighted by Crippen LogP contribution is 2.14. The molecule has 0 fully saturated rings. The van der Waals surface area contributed by atoms with Crippen LogP contribution in [0, 0.1) is 13.8 Å². The Hall–Kier alpha value is -2.11. The third kappa shape index (κ3) is 3.21. The van der Waals surface area contributed by atoms with E-state index < -0.39 is 0 Å². The Balaban J connectivity index is 2.10. The molecule has 102 valence electrons. The van der Waals surface area contributed by atoms with Crippen molar-refractivity contribution in [1.29, 1.82) is 0 Å². The van der Waals surface area contributed by atoms with E-state index in [1.54, 1.807) is 0 Å². The van der Waals surface area contributed by atoms with E-state index in [4.69, 9.17) is 0 Å². The fourth-order valence-electron chi connectivity index (χ4n) is 1.87. The second-order valence-corrected chi connectivity index (χ2v) is 4.52. The summed E-state index contributed by atoms with van der Waals surface area (Å²) in [6.07, 6.45) is 3.84. The minimum atomic E-state index is 0.651. The minimum absolute atomic E-state index is 0.651. The molecule has 0 radical (unpaired) electrons. The van der Waals surface area contributed by atoms with Gasteiger partial charge in [0.2, 0.25) is 5.95 Å². The molecular weight excluding hydrogens is 240 g/mol. The lowest BCUT2D eigenvalue weighted by Crippen LogP contribution is -2.08. The van der Waals surface area contributed by atoms with Crippen LogP contribution in [0.4, 0.5) is 11.8 Å². The van der Waals surface area contributed by atoms with Gasteiger partial charge < -0.3 is 10.6 Å². The lowest BCUT2D eigenvalue weighted by atomic mass is 10.2. The molecule has 19 heavy (non-hydrogen) atoms. The zero-order valence-electron chi connectivity index (χ0n) is 11.9. The molecule has 0 aliphatic carbocycles. The highest BCUT2D eigenvalue weighted by molar-refractivity contribution is 5.46. The zero-order valence-corrected chi connectivity index (χ0v) is 11.9. The Morgan fingerprint density at radius 2 is 2.05 bits per heavy atom. The topological polar surface area (TPSA) is 67.7 Å². The average molecular weight is 260 g/mol. The van der Waals surface area contributed by atoms with Crippen LogP contribution in [0.5, 0.6) is 0 Å². The van der Waals surface area contributed by atoms with Crippen LogP contribution in [-0.2, 0) is 13.6 Å². The second kappa shape index (κ2) is 5.69. The molecule has 0 aromatic carbocycles. The van der Waals surface area contributed by atoms with Crippen LogP contribution in [-0.4, -0.2) is 26.3 Å². The molecule has 2 aromatic heterocycles. The number of rotatable bonds is 5. The van der Waals surface area contributed by atoms with Crippen LogP contribution in [0.3, 0.4) is 0 Å². The number of anilines is 2. The monoisotopic (exact) mass is 260 g/mol. The van der Waals surface area contributed by atoms with E-state index in [0.717, 1.165) is 23.6 Å². The highest BCUT2D eigenvalue weighted by Gasteiger charge is 2.06. The van der Waals surface area contributed by atoms with Gasteiger partial charge in [-0.1, -0.05) is 0 Å². The zero-order chi connectivity index (χ0) is 13.8. The lowest BCUT2D eigenvalue weighted by molar-refractivity contribution is 0.756. The van der Waals surface area contributed by atoms with Gasteiger partial charge in [-0.3, -0.25) is 4.68 Å². The molecule has 2 heterocycles. The van der Waals surface area contributed by atoms with E-state index in [-0.39, 0.29) is 0 Å². The smallest absolute Gasteiger partial charge is 0.224 e. The Bertz CT molecular complexity index is 560. The number of nitrogens with zero attached hydrogens (tertiary/aromatic N) is 4. The molecule has 2 N–H and O–H groups in total. The van der Waals surface area contributed by atoms with Gasteiger partial charge in [-0.15, -0.1) is 0 Å². The maximum absolute atomic E-state index is 4.45. The van der Waals surface area contributed by atoms with Crippen molar-refractivity contribution >= 4 is 11.8 Å². The predicted octanol–water partition coefficient (Wildman–Crippen LogP) is 1.87. The number of hydrogen-bond donors (Lipinski definition) is 2. The van der Waals surface area contributed by atoms with E-state index in [1.807, 2.05) is 44.9 Å². The van der Waals surface area contributed by atoms with E-state index >= 15 is 0 Å². The summed E-state index contributed by atoms with van der Waals surface area (Å²) in [5, 5.41) is 10.8. The van der Waals surface area contributed by atoms with E-state index in [0.29, 0.717) is 12.5 Å². The summed E-state index contributed by atoms with van der Waals surface area (Å²) in [5.74, 6) is 1.51. The van der Waals surface area contributed by atoms with Gasteiger partial charge in [-0.2, -0.15) is 10.1 Å².